The van der Waals surface area contributed by atoms with Crippen LogP contribution in [0.5, 0.6) is 5.75 Å². The molecule has 0 spiro atoms. The maximum Gasteiger partial charge on any atom is 0.317 e. The van der Waals surface area contributed by atoms with Crippen molar-refractivity contribution < 1.29 is 14.3 Å². The van der Waals surface area contributed by atoms with Crippen LogP contribution in [0.4, 0.5) is 4.79 Å². The molecule has 1 saturated heterocycles. The molecule has 3 amide bonds. The number of rotatable bonds is 3. The van der Waals surface area contributed by atoms with E-state index in [-0.39, 0.29) is 11.9 Å². The standard InChI is InChI=1S/C18H25N3O3/c1-2-7-19-18(23)21-10-8-20(9-11-21)17(22)15-5-6-16-14(13-15)4-3-12-24-16/h5-6,13H,2-4,7-12H2,1H3,(H,19,23). The molecule has 2 aliphatic heterocycles. The minimum absolute atomic E-state index is 0.0325. The highest BCUT2D eigenvalue weighted by molar-refractivity contribution is 5.94. The van der Waals surface area contributed by atoms with Crippen molar-refractivity contribution in [1.82, 2.24) is 15.1 Å². The van der Waals surface area contributed by atoms with E-state index in [1.54, 1.807) is 4.90 Å². The van der Waals surface area contributed by atoms with Gasteiger partial charge in [0, 0.05) is 38.3 Å². The first-order chi connectivity index (χ1) is 11.7. The van der Waals surface area contributed by atoms with Gasteiger partial charge in [0.2, 0.25) is 0 Å². The van der Waals surface area contributed by atoms with Gasteiger partial charge in [-0.15, -0.1) is 0 Å². The number of nitrogens with zero attached hydrogens (tertiary/aromatic N) is 2. The minimum Gasteiger partial charge on any atom is -0.493 e. The summed E-state index contributed by atoms with van der Waals surface area (Å²) in [5.41, 5.74) is 1.83. The monoisotopic (exact) mass is 331 g/mol. The maximum absolute atomic E-state index is 12.7. The predicted molar refractivity (Wildman–Crippen MR) is 91.4 cm³/mol. The van der Waals surface area contributed by atoms with Crippen molar-refractivity contribution in [3.05, 3.63) is 29.3 Å². The molecular weight excluding hydrogens is 306 g/mol. The van der Waals surface area contributed by atoms with Gasteiger partial charge in [0.25, 0.3) is 5.91 Å². The SMILES string of the molecule is CCCNC(=O)N1CCN(C(=O)c2ccc3c(c2)CCCO3)CC1. The lowest BCUT2D eigenvalue weighted by atomic mass is 10.0. The second kappa shape index (κ2) is 7.55. The molecule has 0 aliphatic carbocycles. The lowest BCUT2D eigenvalue weighted by Crippen LogP contribution is -2.53. The molecule has 0 bridgehead atoms. The van der Waals surface area contributed by atoms with Crippen LogP contribution in [0, 0.1) is 0 Å². The molecule has 3 rings (SSSR count). The van der Waals surface area contributed by atoms with Crippen LogP contribution in [0.3, 0.4) is 0 Å². The zero-order valence-electron chi connectivity index (χ0n) is 14.2. The van der Waals surface area contributed by atoms with Crippen molar-refractivity contribution >= 4 is 11.9 Å². The topological polar surface area (TPSA) is 61.9 Å². The van der Waals surface area contributed by atoms with Gasteiger partial charge < -0.3 is 19.9 Å². The summed E-state index contributed by atoms with van der Waals surface area (Å²) in [6.07, 6.45) is 2.88. The number of aryl methyl sites for hydroxylation is 1. The molecule has 6 nitrogen and oxygen atoms in total. The fourth-order valence-electron chi connectivity index (χ4n) is 3.13. The largest absolute Gasteiger partial charge is 0.493 e. The molecule has 24 heavy (non-hydrogen) atoms. The first-order valence-electron chi connectivity index (χ1n) is 8.77. The summed E-state index contributed by atoms with van der Waals surface area (Å²) in [5, 5.41) is 2.88. The smallest absolute Gasteiger partial charge is 0.317 e. The number of hydrogen-bond donors (Lipinski definition) is 1. The summed E-state index contributed by atoms with van der Waals surface area (Å²) < 4.78 is 5.60. The van der Waals surface area contributed by atoms with Crippen LogP contribution in [0.1, 0.15) is 35.7 Å². The first-order valence-corrected chi connectivity index (χ1v) is 8.77. The summed E-state index contributed by atoms with van der Waals surface area (Å²) in [6.45, 7) is 5.78. The molecular formula is C18H25N3O3. The number of amides is 3. The summed E-state index contributed by atoms with van der Waals surface area (Å²) in [5.74, 6) is 0.937. The van der Waals surface area contributed by atoms with E-state index in [9.17, 15) is 9.59 Å². The molecule has 130 valence electrons. The second-order valence-corrected chi connectivity index (χ2v) is 6.29. The van der Waals surface area contributed by atoms with Crippen LogP contribution in [0.2, 0.25) is 0 Å². The fraction of sp³-hybridized carbons (Fsp3) is 0.556. The zero-order chi connectivity index (χ0) is 16.9. The van der Waals surface area contributed by atoms with Crippen molar-refractivity contribution in [2.75, 3.05) is 39.3 Å². The van der Waals surface area contributed by atoms with Crippen LogP contribution in [-0.2, 0) is 6.42 Å². The van der Waals surface area contributed by atoms with E-state index in [1.807, 2.05) is 30.0 Å². The molecule has 1 fully saturated rings. The highest BCUT2D eigenvalue weighted by Crippen LogP contribution is 2.26. The molecule has 0 saturated carbocycles. The number of carbonyl (C=O) groups excluding carboxylic acids is 2. The molecule has 2 aliphatic rings. The molecule has 1 N–H and O–H groups in total. The number of hydrogen-bond acceptors (Lipinski definition) is 3. The Balaban J connectivity index is 1.58. The summed E-state index contributed by atoms with van der Waals surface area (Å²) in [6, 6.07) is 5.66. The molecule has 1 aromatic carbocycles. The lowest BCUT2D eigenvalue weighted by Gasteiger charge is -2.35. The van der Waals surface area contributed by atoms with E-state index in [4.69, 9.17) is 4.74 Å². The summed E-state index contributed by atoms with van der Waals surface area (Å²) >= 11 is 0. The van der Waals surface area contributed by atoms with Crippen LogP contribution in [-0.4, -0.2) is 61.1 Å². The summed E-state index contributed by atoms with van der Waals surface area (Å²) in [7, 11) is 0. The Morgan fingerprint density at radius 3 is 2.67 bits per heavy atom. The third kappa shape index (κ3) is 3.63. The quantitative estimate of drug-likeness (QED) is 0.920. The number of ether oxygens (including phenoxy) is 1. The number of benzene rings is 1. The van der Waals surface area contributed by atoms with Crippen LogP contribution in [0.15, 0.2) is 18.2 Å². The van der Waals surface area contributed by atoms with Gasteiger partial charge in [-0.3, -0.25) is 4.79 Å². The molecule has 0 radical (unpaired) electrons. The Bertz CT molecular complexity index is 610. The van der Waals surface area contributed by atoms with Crippen LogP contribution >= 0.6 is 0 Å². The Kier molecular flexibility index (Phi) is 5.23. The molecule has 0 unspecified atom stereocenters. The van der Waals surface area contributed by atoms with E-state index in [0.717, 1.165) is 37.2 Å². The van der Waals surface area contributed by atoms with E-state index < -0.39 is 0 Å². The van der Waals surface area contributed by atoms with Gasteiger partial charge in [-0.25, -0.2) is 4.79 Å². The third-order valence-electron chi connectivity index (χ3n) is 4.54. The number of carbonyl (C=O) groups is 2. The van der Waals surface area contributed by atoms with Crippen LogP contribution < -0.4 is 10.1 Å². The van der Waals surface area contributed by atoms with Gasteiger partial charge in [-0.1, -0.05) is 6.92 Å². The average Bonchev–Trinajstić information content (AvgIpc) is 2.65. The van der Waals surface area contributed by atoms with Gasteiger partial charge in [0.15, 0.2) is 0 Å². The Hall–Kier alpha value is -2.24. The van der Waals surface area contributed by atoms with Crippen molar-refractivity contribution in [3.63, 3.8) is 0 Å². The number of fused-ring (bicyclic) bond motifs is 1. The van der Waals surface area contributed by atoms with E-state index in [1.165, 1.54) is 0 Å². The lowest BCUT2D eigenvalue weighted by molar-refractivity contribution is 0.0665. The molecule has 6 heteroatoms. The predicted octanol–water partition coefficient (Wildman–Crippen LogP) is 1.89. The molecule has 0 aromatic heterocycles. The Morgan fingerprint density at radius 2 is 1.92 bits per heavy atom. The van der Waals surface area contributed by atoms with Crippen molar-refractivity contribution in [2.24, 2.45) is 0 Å². The number of urea groups is 1. The van der Waals surface area contributed by atoms with Gasteiger partial charge in [0.05, 0.1) is 6.61 Å². The molecule has 1 aromatic rings. The Labute approximate surface area is 142 Å². The highest BCUT2D eigenvalue weighted by Gasteiger charge is 2.25. The van der Waals surface area contributed by atoms with Crippen molar-refractivity contribution in [1.29, 1.82) is 0 Å². The number of piperazine rings is 1. The van der Waals surface area contributed by atoms with Gasteiger partial charge in [0.1, 0.15) is 5.75 Å². The second-order valence-electron chi connectivity index (χ2n) is 6.29. The molecule has 0 atom stereocenters. The summed E-state index contributed by atoms with van der Waals surface area (Å²) in [4.78, 5) is 28.3. The normalized spacial score (nSPS) is 17.0. The van der Waals surface area contributed by atoms with Gasteiger partial charge in [-0.2, -0.15) is 0 Å². The third-order valence-corrected chi connectivity index (χ3v) is 4.54. The van der Waals surface area contributed by atoms with E-state index >= 15 is 0 Å². The van der Waals surface area contributed by atoms with Crippen molar-refractivity contribution in [2.45, 2.75) is 26.2 Å². The van der Waals surface area contributed by atoms with Gasteiger partial charge >= 0.3 is 6.03 Å². The molecule has 2 heterocycles. The van der Waals surface area contributed by atoms with Gasteiger partial charge in [-0.05, 0) is 43.0 Å². The van der Waals surface area contributed by atoms with E-state index in [2.05, 4.69) is 5.32 Å². The first kappa shape index (κ1) is 16.6. The Morgan fingerprint density at radius 1 is 1.17 bits per heavy atom. The zero-order valence-corrected chi connectivity index (χ0v) is 14.2. The number of nitrogens with one attached hydrogen (secondary N) is 1. The van der Waals surface area contributed by atoms with Crippen LogP contribution in [0.25, 0.3) is 0 Å². The van der Waals surface area contributed by atoms with E-state index in [0.29, 0.717) is 38.3 Å². The average molecular weight is 331 g/mol. The minimum atomic E-state index is -0.0325. The highest BCUT2D eigenvalue weighted by atomic mass is 16.5. The van der Waals surface area contributed by atoms with Crippen molar-refractivity contribution in [3.8, 4) is 5.75 Å². The maximum atomic E-state index is 12.7. The fourth-order valence-corrected chi connectivity index (χ4v) is 3.13.